The summed E-state index contributed by atoms with van der Waals surface area (Å²) in [6.07, 6.45) is 6.09. The lowest BCUT2D eigenvalue weighted by molar-refractivity contribution is -0.134. The minimum absolute atomic E-state index is 0.192. The van der Waals surface area contributed by atoms with E-state index >= 15 is 0 Å². The molecule has 0 aromatic carbocycles. The Balaban J connectivity index is 1.46. The summed E-state index contributed by atoms with van der Waals surface area (Å²) in [6.45, 7) is 4.93. The molecule has 2 aromatic heterocycles. The molecule has 0 spiro atoms. The Bertz CT molecular complexity index is 895. The van der Waals surface area contributed by atoms with Gasteiger partial charge < -0.3 is 10.0 Å². The van der Waals surface area contributed by atoms with Crippen LogP contribution in [-0.2, 0) is 4.79 Å². The van der Waals surface area contributed by atoms with Gasteiger partial charge in [-0.05, 0) is 51.7 Å². The summed E-state index contributed by atoms with van der Waals surface area (Å²) in [5.74, 6) is 6.41. The van der Waals surface area contributed by atoms with E-state index < -0.39 is 5.60 Å². The van der Waals surface area contributed by atoms with Gasteiger partial charge in [0.1, 0.15) is 11.3 Å². The largest absolute Gasteiger partial charge is 0.378 e. The molecular formula is C20H24N4O2S. The monoisotopic (exact) mass is 384 g/mol. The van der Waals surface area contributed by atoms with Crippen LogP contribution in [0.5, 0.6) is 0 Å². The van der Waals surface area contributed by atoms with Crippen molar-refractivity contribution in [2.24, 2.45) is 5.92 Å². The van der Waals surface area contributed by atoms with E-state index in [0.29, 0.717) is 5.91 Å². The third kappa shape index (κ3) is 4.40. The molecule has 27 heavy (non-hydrogen) atoms. The lowest BCUT2D eigenvalue weighted by Gasteiger charge is -2.32. The van der Waals surface area contributed by atoms with Crippen LogP contribution in [0.25, 0.3) is 10.6 Å². The van der Waals surface area contributed by atoms with Gasteiger partial charge in [-0.15, -0.1) is 16.4 Å². The zero-order chi connectivity index (χ0) is 19.0. The Morgan fingerprint density at radius 1 is 1.33 bits per heavy atom. The molecule has 1 saturated heterocycles. The van der Waals surface area contributed by atoms with Gasteiger partial charge in [0.25, 0.3) is 0 Å². The zero-order valence-corrected chi connectivity index (χ0v) is 16.5. The standard InChI is InChI=1S/C20H24N4O2S/c1-20(2,26)10-9-16-7-8-18(27-16)17-13-24(22-21-17)15-4-3-11-23(12-15)19(25)14-5-6-14/h7-8,13-15,26H,3-6,11-12H2,1-2H3/t15-/m1/s1. The van der Waals surface area contributed by atoms with Gasteiger partial charge >= 0.3 is 0 Å². The van der Waals surface area contributed by atoms with E-state index in [9.17, 15) is 9.90 Å². The maximum atomic E-state index is 12.4. The molecule has 142 valence electrons. The molecule has 4 rings (SSSR count). The molecule has 1 aliphatic heterocycles. The predicted molar refractivity (Wildman–Crippen MR) is 104 cm³/mol. The van der Waals surface area contributed by atoms with Gasteiger partial charge in [-0.3, -0.25) is 4.79 Å². The molecule has 6 nitrogen and oxygen atoms in total. The molecule has 1 N–H and O–H groups in total. The van der Waals surface area contributed by atoms with Gasteiger partial charge in [-0.1, -0.05) is 17.1 Å². The van der Waals surface area contributed by atoms with Crippen molar-refractivity contribution in [3.05, 3.63) is 23.2 Å². The summed E-state index contributed by atoms with van der Waals surface area (Å²) in [5, 5.41) is 18.4. The van der Waals surface area contributed by atoms with Crippen LogP contribution in [0.2, 0.25) is 0 Å². The van der Waals surface area contributed by atoms with Gasteiger partial charge in [0.15, 0.2) is 0 Å². The predicted octanol–water partition coefficient (Wildman–Crippen LogP) is 2.70. The fourth-order valence-corrected chi connectivity index (χ4v) is 4.09. The summed E-state index contributed by atoms with van der Waals surface area (Å²) < 4.78 is 1.91. The van der Waals surface area contributed by atoms with Crippen LogP contribution >= 0.6 is 11.3 Å². The number of thiophene rings is 1. The molecule has 1 amide bonds. The van der Waals surface area contributed by atoms with Crippen molar-refractivity contribution >= 4 is 17.2 Å². The first-order valence-electron chi connectivity index (χ1n) is 9.45. The summed E-state index contributed by atoms with van der Waals surface area (Å²) >= 11 is 1.54. The summed E-state index contributed by atoms with van der Waals surface area (Å²) in [4.78, 5) is 16.2. The first-order chi connectivity index (χ1) is 12.9. The molecule has 0 bridgehead atoms. The highest BCUT2D eigenvalue weighted by Crippen LogP contribution is 2.33. The number of hydrogen-bond acceptors (Lipinski definition) is 5. The number of nitrogens with zero attached hydrogens (tertiary/aromatic N) is 4. The fourth-order valence-electron chi connectivity index (χ4n) is 3.28. The molecule has 7 heteroatoms. The Morgan fingerprint density at radius 3 is 2.89 bits per heavy atom. The van der Waals surface area contributed by atoms with E-state index in [1.54, 1.807) is 13.8 Å². The van der Waals surface area contributed by atoms with E-state index in [2.05, 4.69) is 22.2 Å². The van der Waals surface area contributed by atoms with Crippen LogP contribution in [0.15, 0.2) is 18.3 Å². The molecule has 0 radical (unpaired) electrons. The molecule has 2 aliphatic rings. The lowest BCUT2D eigenvalue weighted by Crippen LogP contribution is -2.41. The average molecular weight is 385 g/mol. The Kier molecular flexibility index (Phi) is 4.79. The van der Waals surface area contributed by atoms with Crippen LogP contribution in [-0.4, -0.2) is 49.6 Å². The Hall–Kier alpha value is -2.17. The first kappa shape index (κ1) is 18.2. The minimum atomic E-state index is -1.00. The van der Waals surface area contributed by atoms with Crippen molar-refractivity contribution in [3.8, 4) is 22.4 Å². The van der Waals surface area contributed by atoms with E-state index in [4.69, 9.17) is 0 Å². The van der Waals surface area contributed by atoms with Gasteiger partial charge in [-0.2, -0.15) is 0 Å². The second kappa shape index (κ2) is 7.10. The second-order valence-electron chi connectivity index (χ2n) is 7.91. The zero-order valence-electron chi connectivity index (χ0n) is 15.7. The van der Waals surface area contributed by atoms with Crippen molar-refractivity contribution in [2.45, 2.75) is 51.2 Å². The summed E-state index contributed by atoms with van der Waals surface area (Å²) in [6, 6.07) is 4.11. The highest BCUT2D eigenvalue weighted by Gasteiger charge is 2.35. The van der Waals surface area contributed by atoms with E-state index in [1.807, 2.05) is 27.9 Å². The van der Waals surface area contributed by atoms with E-state index in [-0.39, 0.29) is 12.0 Å². The number of aliphatic hydroxyl groups is 1. The molecular weight excluding hydrogens is 360 g/mol. The smallest absolute Gasteiger partial charge is 0.225 e. The quantitative estimate of drug-likeness (QED) is 0.826. The molecule has 1 aliphatic carbocycles. The normalized spacial score (nSPS) is 20.3. The summed E-state index contributed by atoms with van der Waals surface area (Å²) in [5.41, 5.74) is -0.181. The number of carbonyl (C=O) groups excluding carboxylic acids is 1. The SMILES string of the molecule is CC(C)(O)C#Cc1ccc(-c2cn([C@@H]3CCCN(C(=O)C4CC4)C3)nn2)s1. The average Bonchev–Trinajstić information content (AvgIpc) is 3.18. The van der Waals surface area contributed by atoms with Crippen molar-refractivity contribution in [3.63, 3.8) is 0 Å². The third-order valence-corrected chi connectivity index (χ3v) is 5.89. The van der Waals surface area contributed by atoms with Gasteiger partial charge in [0.2, 0.25) is 5.91 Å². The van der Waals surface area contributed by atoms with Crippen molar-refractivity contribution in [1.82, 2.24) is 19.9 Å². The highest BCUT2D eigenvalue weighted by molar-refractivity contribution is 7.16. The van der Waals surface area contributed by atoms with Crippen molar-refractivity contribution in [2.75, 3.05) is 13.1 Å². The topological polar surface area (TPSA) is 71.2 Å². The highest BCUT2D eigenvalue weighted by atomic mass is 32.1. The second-order valence-corrected chi connectivity index (χ2v) is 9.00. The van der Waals surface area contributed by atoms with Crippen molar-refractivity contribution in [1.29, 1.82) is 0 Å². The summed E-state index contributed by atoms with van der Waals surface area (Å²) in [7, 11) is 0. The number of hydrogen-bond donors (Lipinski definition) is 1. The number of piperidine rings is 1. The lowest BCUT2D eigenvalue weighted by atomic mass is 10.1. The maximum absolute atomic E-state index is 12.4. The molecule has 0 unspecified atom stereocenters. The molecule has 2 aromatic rings. The molecule has 1 atom stereocenters. The molecule has 3 heterocycles. The van der Waals surface area contributed by atoms with Crippen LogP contribution in [0.4, 0.5) is 0 Å². The maximum Gasteiger partial charge on any atom is 0.225 e. The molecule has 2 fully saturated rings. The number of likely N-dealkylation sites (tertiary alicyclic amines) is 1. The van der Waals surface area contributed by atoms with Crippen LogP contribution < -0.4 is 0 Å². The number of aromatic nitrogens is 3. The van der Waals surface area contributed by atoms with E-state index in [0.717, 1.165) is 54.2 Å². The first-order valence-corrected chi connectivity index (χ1v) is 10.3. The van der Waals surface area contributed by atoms with Crippen LogP contribution in [0.1, 0.15) is 50.4 Å². The Labute approximate surface area is 163 Å². The number of carbonyl (C=O) groups is 1. The minimum Gasteiger partial charge on any atom is -0.378 e. The van der Waals surface area contributed by atoms with Gasteiger partial charge in [0.05, 0.1) is 22.0 Å². The number of amides is 1. The van der Waals surface area contributed by atoms with Crippen molar-refractivity contribution < 1.29 is 9.90 Å². The van der Waals surface area contributed by atoms with Crippen LogP contribution in [0, 0.1) is 17.8 Å². The Morgan fingerprint density at radius 2 is 2.15 bits per heavy atom. The molecule has 1 saturated carbocycles. The van der Waals surface area contributed by atoms with E-state index in [1.165, 1.54) is 11.3 Å². The number of rotatable bonds is 3. The van der Waals surface area contributed by atoms with Crippen LogP contribution in [0.3, 0.4) is 0 Å². The third-order valence-electron chi connectivity index (χ3n) is 4.87. The fraction of sp³-hybridized carbons (Fsp3) is 0.550. The van der Waals surface area contributed by atoms with Gasteiger partial charge in [-0.25, -0.2) is 4.68 Å². The van der Waals surface area contributed by atoms with Gasteiger partial charge in [0, 0.05) is 19.0 Å².